The molecule has 0 aliphatic rings. The summed E-state index contributed by atoms with van der Waals surface area (Å²) in [7, 11) is 0. The Morgan fingerprint density at radius 2 is 2.12 bits per heavy atom. The number of fused-ring (bicyclic) bond motifs is 1. The number of rotatable bonds is 4. The minimum Gasteiger partial charge on any atom is -0.384 e. The lowest BCUT2D eigenvalue weighted by Crippen LogP contribution is -2.04. The molecule has 0 fully saturated rings. The van der Waals surface area contributed by atoms with Crippen LogP contribution in [0.5, 0.6) is 0 Å². The number of pyridine rings is 1. The van der Waals surface area contributed by atoms with E-state index in [4.69, 9.17) is 0 Å². The molecule has 3 heteroatoms. The highest BCUT2D eigenvalue weighted by Gasteiger charge is 2.02. The van der Waals surface area contributed by atoms with Crippen molar-refractivity contribution in [2.75, 3.05) is 23.9 Å². The smallest absolute Gasteiger partial charge is 0.0725 e. The number of aromatic nitrogens is 1. The second-order valence-corrected chi connectivity index (χ2v) is 4.73. The first-order chi connectivity index (χ1) is 7.81. The number of aryl methyl sites for hydroxylation is 1. The van der Waals surface area contributed by atoms with Gasteiger partial charge in [0.05, 0.1) is 5.52 Å². The van der Waals surface area contributed by atoms with Crippen LogP contribution in [0.25, 0.3) is 10.9 Å². The molecule has 0 amide bonds. The molecule has 84 valence electrons. The molecule has 2 nitrogen and oxygen atoms in total. The normalized spacial score (nSPS) is 10.6. The van der Waals surface area contributed by atoms with Gasteiger partial charge in [-0.3, -0.25) is 4.98 Å². The second kappa shape index (κ2) is 5.21. The maximum absolute atomic E-state index is 4.52. The van der Waals surface area contributed by atoms with Crippen molar-refractivity contribution in [1.29, 1.82) is 0 Å². The summed E-state index contributed by atoms with van der Waals surface area (Å²) in [6.07, 6.45) is 2.12. The van der Waals surface area contributed by atoms with E-state index >= 15 is 0 Å². The first-order valence-corrected chi connectivity index (χ1v) is 6.80. The summed E-state index contributed by atoms with van der Waals surface area (Å²) < 4.78 is 0. The summed E-state index contributed by atoms with van der Waals surface area (Å²) in [6, 6.07) is 10.4. The summed E-state index contributed by atoms with van der Waals surface area (Å²) in [4.78, 5) is 4.52. The van der Waals surface area contributed by atoms with Gasteiger partial charge in [0.1, 0.15) is 0 Å². The van der Waals surface area contributed by atoms with E-state index in [2.05, 4.69) is 40.8 Å². The summed E-state index contributed by atoms with van der Waals surface area (Å²) in [5.41, 5.74) is 3.32. The third-order valence-corrected chi connectivity index (χ3v) is 3.08. The molecule has 0 saturated carbocycles. The van der Waals surface area contributed by atoms with Crippen LogP contribution in [0.2, 0.25) is 0 Å². The molecule has 0 saturated heterocycles. The Labute approximate surface area is 100 Å². The van der Waals surface area contributed by atoms with E-state index in [1.165, 1.54) is 11.1 Å². The summed E-state index contributed by atoms with van der Waals surface area (Å²) in [5, 5.41) is 4.67. The number of hydrogen-bond acceptors (Lipinski definition) is 3. The number of thioether (sulfide) groups is 1. The van der Waals surface area contributed by atoms with E-state index in [1.807, 2.05) is 24.8 Å². The average molecular weight is 232 g/mol. The standard InChI is InChI=1S/C13H16N2S/c1-10-9-13(14-7-8-16-2)11-5-3-4-6-12(11)15-10/h3-6,9H,7-8H2,1-2H3,(H,14,15). The highest BCUT2D eigenvalue weighted by Crippen LogP contribution is 2.22. The molecule has 2 aromatic rings. The van der Waals surface area contributed by atoms with Gasteiger partial charge in [0.25, 0.3) is 0 Å². The number of para-hydroxylation sites is 1. The van der Waals surface area contributed by atoms with E-state index in [0.717, 1.165) is 23.5 Å². The minimum atomic E-state index is 0.995. The maximum Gasteiger partial charge on any atom is 0.0725 e. The van der Waals surface area contributed by atoms with E-state index < -0.39 is 0 Å². The van der Waals surface area contributed by atoms with Gasteiger partial charge in [0.15, 0.2) is 0 Å². The van der Waals surface area contributed by atoms with Crippen molar-refractivity contribution in [3.8, 4) is 0 Å². The summed E-state index contributed by atoms with van der Waals surface area (Å²) in [6.45, 7) is 3.03. The molecule has 0 spiro atoms. The Morgan fingerprint density at radius 1 is 1.31 bits per heavy atom. The topological polar surface area (TPSA) is 24.9 Å². The quantitative estimate of drug-likeness (QED) is 0.819. The van der Waals surface area contributed by atoms with Crippen molar-refractivity contribution in [3.05, 3.63) is 36.0 Å². The minimum absolute atomic E-state index is 0.995. The zero-order chi connectivity index (χ0) is 11.4. The molecule has 0 unspecified atom stereocenters. The molecule has 2 rings (SSSR count). The van der Waals surface area contributed by atoms with Gasteiger partial charge < -0.3 is 5.32 Å². The van der Waals surface area contributed by atoms with Gasteiger partial charge in [-0.2, -0.15) is 11.8 Å². The molecular formula is C13H16N2S. The molecular weight excluding hydrogens is 216 g/mol. The van der Waals surface area contributed by atoms with Crippen molar-refractivity contribution in [2.45, 2.75) is 6.92 Å². The van der Waals surface area contributed by atoms with Crippen molar-refractivity contribution in [2.24, 2.45) is 0 Å². The predicted molar refractivity (Wildman–Crippen MR) is 73.4 cm³/mol. The van der Waals surface area contributed by atoms with Gasteiger partial charge >= 0.3 is 0 Å². The number of hydrogen-bond donors (Lipinski definition) is 1. The number of nitrogens with zero attached hydrogens (tertiary/aromatic N) is 1. The van der Waals surface area contributed by atoms with Crippen LogP contribution in [-0.4, -0.2) is 23.5 Å². The molecule has 1 aromatic heterocycles. The fourth-order valence-corrected chi connectivity index (χ4v) is 2.05. The van der Waals surface area contributed by atoms with E-state index in [9.17, 15) is 0 Å². The van der Waals surface area contributed by atoms with E-state index in [1.54, 1.807) is 0 Å². The molecule has 0 bridgehead atoms. The Bertz CT molecular complexity index is 482. The Morgan fingerprint density at radius 3 is 2.94 bits per heavy atom. The highest BCUT2D eigenvalue weighted by molar-refractivity contribution is 7.98. The molecule has 1 aromatic carbocycles. The largest absolute Gasteiger partial charge is 0.384 e. The number of anilines is 1. The van der Waals surface area contributed by atoms with Gasteiger partial charge in [-0.25, -0.2) is 0 Å². The van der Waals surface area contributed by atoms with E-state index in [0.29, 0.717) is 0 Å². The molecule has 0 radical (unpaired) electrons. The third kappa shape index (κ3) is 2.47. The zero-order valence-electron chi connectivity index (χ0n) is 9.66. The molecule has 1 heterocycles. The van der Waals surface area contributed by atoms with Crippen LogP contribution in [0.1, 0.15) is 5.69 Å². The molecule has 1 N–H and O–H groups in total. The summed E-state index contributed by atoms with van der Waals surface area (Å²) >= 11 is 1.85. The predicted octanol–water partition coefficient (Wildman–Crippen LogP) is 3.32. The van der Waals surface area contributed by atoms with Gasteiger partial charge in [-0.15, -0.1) is 0 Å². The number of benzene rings is 1. The highest BCUT2D eigenvalue weighted by atomic mass is 32.2. The van der Waals surface area contributed by atoms with Crippen LogP contribution in [-0.2, 0) is 0 Å². The van der Waals surface area contributed by atoms with Gasteiger partial charge in [0, 0.05) is 29.1 Å². The Balaban J connectivity index is 2.34. The lowest BCUT2D eigenvalue weighted by Gasteiger charge is -2.09. The van der Waals surface area contributed by atoms with Crippen LogP contribution in [0.15, 0.2) is 30.3 Å². The Hall–Kier alpha value is -1.22. The summed E-state index contributed by atoms with van der Waals surface area (Å²) in [5.74, 6) is 1.12. The second-order valence-electron chi connectivity index (χ2n) is 3.75. The van der Waals surface area contributed by atoms with Gasteiger partial charge in [-0.05, 0) is 25.3 Å². The van der Waals surface area contributed by atoms with Crippen LogP contribution >= 0.6 is 11.8 Å². The van der Waals surface area contributed by atoms with Gasteiger partial charge in [-0.1, -0.05) is 18.2 Å². The third-order valence-electron chi connectivity index (χ3n) is 2.47. The average Bonchev–Trinajstić information content (AvgIpc) is 2.29. The van der Waals surface area contributed by atoms with E-state index in [-0.39, 0.29) is 0 Å². The SMILES string of the molecule is CSCCNc1cc(C)nc2ccccc12. The van der Waals surface area contributed by atoms with Crippen molar-refractivity contribution >= 4 is 28.4 Å². The Kier molecular flexibility index (Phi) is 3.67. The van der Waals surface area contributed by atoms with Crippen molar-refractivity contribution in [1.82, 2.24) is 4.98 Å². The first-order valence-electron chi connectivity index (χ1n) is 5.40. The fraction of sp³-hybridized carbons (Fsp3) is 0.308. The fourth-order valence-electron chi connectivity index (χ4n) is 1.74. The van der Waals surface area contributed by atoms with Crippen molar-refractivity contribution < 1.29 is 0 Å². The molecule has 0 aliphatic carbocycles. The lowest BCUT2D eigenvalue weighted by molar-refractivity contribution is 1.20. The zero-order valence-corrected chi connectivity index (χ0v) is 10.5. The van der Waals surface area contributed by atoms with Crippen LogP contribution < -0.4 is 5.32 Å². The van der Waals surface area contributed by atoms with Crippen LogP contribution in [0.4, 0.5) is 5.69 Å². The van der Waals surface area contributed by atoms with Crippen LogP contribution in [0.3, 0.4) is 0 Å². The first kappa shape index (κ1) is 11.3. The number of nitrogens with one attached hydrogen (secondary N) is 1. The lowest BCUT2D eigenvalue weighted by atomic mass is 10.1. The van der Waals surface area contributed by atoms with Crippen LogP contribution in [0, 0.1) is 6.92 Å². The maximum atomic E-state index is 4.52. The monoisotopic (exact) mass is 232 g/mol. The van der Waals surface area contributed by atoms with Gasteiger partial charge in [0.2, 0.25) is 0 Å². The van der Waals surface area contributed by atoms with Crippen molar-refractivity contribution in [3.63, 3.8) is 0 Å². The molecule has 0 aliphatic heterocycles. The molecule has 16 heavy (non-hydrogen) atoms. The molecule has 0 atom stereocenters.